The Morgan fingerprint density at radius 1 is 1.73 bits per heavy atom. The Morgan fingerprint density at radius 2 is 2.47 bits per heavy atom. The normalized spacial score (nSPS) is 14.5. The van der Waals surface area contributed by atoms with Crippen LogP contribution in [0.25, 0.3) is 0 Å². The van der Waals surface area contributed by atoms with E-state index in [2.05, 4.69) is 21.5 Å². The lowest BCUT2D eigenvalue weighted by Crippen LogP contribution is -2.43. The lowest BCUT2D eigenvalue weighted by molar-refractivity contribution is 0.510. The van der Waals surface area contributed by atoms with Crippen LogP contribution in [0.2, 0.25) is 0 Å². The van der Waals surface area contributed by atoms with E-state index in [1.165, 1.54) is 18.1 Å². The first-order valence-electron chi connectivity index (χ1n) is 4.74. The van der Waals surface area contributed by atoms with Gasteiger partial charge in [-0.3, -0.25) is 5.32 Å². The van der Waals surface area contributed by atoms with E-state index in [4.69, 9.17) is 5.26 Å². The van der Waals surface area contributed by atoms with E-state index in [9.17, 15) is 0 Å². The lowest BCUT2D eigenvalue weighted by atomic mass is 10.1. The zero-order chi connectivity index (χ0) is 11.3. The van der Waals surface area contributed by atoms with Gasteiger partial charge in [-0.25, -0.2) is 9.67 Å². The highest BCUT2D eigenvalue weighted by atomic mass is 32.2. The molecular formula is C9H15N5S. The number of thioether (sulfide) groups is 1. The fraction of sp³-hybridized carbons (Fsp3) is 0.667. The van der Waals surface area contributed by atoms with Crippen molar-refractivity contribution < 1.29 is 0 Å². The van der Waals surface area contributed by atoms with E-state index >= 15 is 0 Å². The number of hydrogen-bond acceptors (Lipinski definition) is 5. The van der Waals surface area contributed by atoms with Crippen molar-refractivity contribution in [1.29, 1.82) is 5.26 Å². The average Bonchev–Trinajstić information content (AvgIpc) is 2.62. The molecule has 0 fully saturated rings. The van der Waals surface area contributed by atoms with Crippen LogP contribution in [0.15, 0.2) is 11.5 Å². The second kappa shape index (κ2) is 5.14. The van der Waals surface area contributed by atoms with Gasteiger partial charge in [0.15, 0.2) is 5.16 Å². The van der Waals surface area contributed by atoms with Crippen LogP contribution in [0.1, 0.15) is 13.8 Å². The van der Waals surface area contributed by atoms with Crippen LogP contribution in [0.3, 0.4) is 0 Å². The second-order valence-electron chi connectivity index (χ2n) is 3.43. The standard InChI is InChI=1S/C9H15N5S/c1-4-12-9(2,5-10)6-15-8-11-7-13-14(8)3/h7,12H,4,6H2,1-3H3. The van der Waals surface area contributed by atoms with Gasteiger partial charge >= 0.3 is 0 Å². The van der Waals surface area contributed by atoms with E-state index < -0.39 is 5.54 Å². The van der Waals surface area contributed by atoms with Gasteiger partial charge in [-0.05, 0) is 13.5 Å². The SMILES string of the molecule is CCNC(C)(C#N)CSc1ncnn1C. The molecular weight excluding hydrogens is 210 g/mol. The third-order valence-corrected chi connectivity index (χ3v) is 3.32. The highest BCUT2D eigenvalue weighted by Crippen LogP contribution is 2.19. The quantitative estimate of drug-likeness (QED) is 0.751. The van der Waals surface area contributed by atoms with E-state index in [0.29, 0.717) is 5.75 Å². The van der Waals surface area contributed by atoms with Gasteiger partial charge < -0.3 is 0 Å². The molecule has 0 saturated heterocycles. The molecule has 6 heteroatoms. The summed E-state index contributed by atoms with van der Waals surface area (Å²) in [6.07, 6.45) is 1.51. The number of aryl methyl sites for hydroxylation is 1. The minimum atomic E-state index is -0.509. The van der Waals surface area contributed by atoms with Gasteiger partial charge in [-0.2, -0.15) is 10.4 Å². The zero-order valence-electron chi connectivity index (χ0n) is 9.19. The van der Waals surface area contributed by atoms with Crippen molar-refractivity contribution in [1.82, 2.24) is 20.1 Å². The Morgan fingerprint density at radius 3 is 2.93 bits per heavy atom. The Hall–Kier alpha value is -1.06. The van der Waals surface area contributed by atoms with Crippen molar-refractivity contribution >= 4 is 11.8 Å². The first kappa shape index (κ1) is 12.0. The van der Waals surface area contributed by atoms with E-state index in [0.717, 1.165) is 11.7 Å². The van der Waals surface area contributed by atoms with Crippen LogP contribution in [0.4, 0.5) is 0 Å². The predicted molar refractivity (Wildman–Crippen MR) is 59.4 cm³/mol. The summed E-state index contributed by atoms with van der Waals surface area (Å²) in [4.78, 5) is 4.09. The Labute approximate surface area is 93.9 Å². The number of rotatable bonds is 5. The van der Waals surface area contributed by atoms with E-state index in [1.807, 2.05) is 20.9 Å². The summed E-state index contributed by atoms with van der Waals surface area (Å²) in [6, 6.07) is 2.27. The molecule has 0 spiro atoms. The summed E-state index contributed by atoms with van der Waals surface area (Å²) < 4.78 is 1.70. The minimum Gasteiger partial charge on any atom is -0.299 e. The Balaban J connectivity index is 2.56. The molecule has 0 aliphatic rings. The van der Waals surface area contributed by atoms with Gasteiger partial charge in [0.1, 0.15) is 11.9 Å². The molecule has 0 saturated carbocycles. The molecule has 0 bridgehead atoms. The van der Waals surface area contributed by atoms with Crippen molar-refractivity contribution in [3.8, 4) is 6.07 Å². The van der Waals surface area contributed by atoms with Crippen LogP contribution < -0.4 is 5.32 Å². The molecule has 1 rings (SSSR count). The largest absolute Gasteiger partial charge is 0.299 e. The van der Waals surface area contributed by atoms with Crippen LogP contribution in [0.5, 0.6) is 0 Å². The first-order valence-corrected chi connectivity index (χ1v) is 5.73. The minimum absolute atomic E-state index is 0.509. The van der Waals surface area contributed by atoms with Gasteiger partial charge in [-0.15, -0.1) is 0 Å². The highest BCUT2D eigenvalue weighted by molar-refractivity contribution is 7.99. The van der Waals surface area contributed by atoms with Crippen molar-refractivity contribution in [2.75, 3.05) is 12.3 Å². The number of aromatic nitrogens is 3. The molecule has 82 valence electrons. The summed E-state index contributed by atoms with van der Waals surface area (Å²) in [6.45, 7) is 4.66. The smallest absolute Gasteiger partial charge is 0.185 e. The average molecular weight is 225 g/mol. The maximum Gasteiger partial charge on any atom is 0.185 e. The fourth-order valence-electron chi connectivity index (χ4n) is 1.14. The topological polar surface area (TPSA) is 66.5 Å². The van der Waals surface area contributed by atoms with Crippen LogP contribution >= 0.6 is 11.8 Å². The molecule has 0 aromatic carbocycles. The molecule has 0 aliphatic heterocycles. The van der Waals surface area contributed by atoms with E-state index in [-0.39, 0.29) is 0 Å². The summed E-state index contributed by atoms with van der Waals surface area (Å²) in [5.74, 6) is 0.657. The van der Waals surface area contributed by atoms with Crippen LogP contribution in [-0.4, -0.2) is 32.6 Å². The predicted octanol–water partition coefficient (Wildman–Crippen LogP) is 0.799. The molecule has 0 aliphatic carbocycles. The number of nitriles is 1. The molecule has 1 unspecified atom stereocenters. The molecule has 5 nitrogen and oxygen atoms in total. The van der Waals surface area contributed by atoms with Crippen molar-refractivity contribution in [2.45, 2.75) is 24.5 Å². The molecule has 15 heavy (non-hydrogen) atoms. The summed E-state index contributed by atoms with van der Waals surface area (Å²) in [5, 5.41) is 17.0. The molecule has 1 heterocycles. The second-order valence-corrected chi connectivity index (χ2v) is 4.37. The summed E-state index contributed by atoms with van der Waals surface area (Å²) in [7, 11) is 1.84. The molecule has 1 atom stereocenters. The lowest BCUT2D eigenvalue weighted by Gasteiger charge is -2.21. The first-order chi connectivity index (χ1) is 7.11. The van der Waals surface area contributed by atoms with Gasteiger partial charge in [0.05, 0.1) is 6.07 Å². The molecule has 0 radical (unpaired) electrons. The van der Waals surface area contributed by atoms with Gasteiger partial charge in [0.25, 0.3) is 0 Å². The number of hydrogen-bond donors (Lipinski definition) is 1. The van der Waals surface area contributed by atoms with E-state index in [1.54, 1.807) is 4.68 Å². The van der Waals surface area contributed by atoms with Crippen molar-refractivity contribution in [2.24, 2.45) is 7.05 Å². The zero-order valence-corrected chi connectivity index (χ0v) is 10.0. The maximum atomic E-state index is 9.05. The Kier molecular flexibility index (Phi) is 4.12. The molecule has 1 aromatic heterocycles. The fourth-order valence-corrected chi connectivity index (χ4v) is 2.08. The third-order valence-electron chi connectivity index (χ3n) is 1.97. The van der Waals surface area contributed by atoms with Crippen molar-refractivity contribution in [3.63, 3.8) is 0 Å². The molecule has 1 aromatic rings. The Bertz CT molecular complexity index is 356. The van der Waals surface area contributed by atoms with Crippen LogP contribution in [0, 0.1) is 11.3 Å². The third kappa shape index (κ3) is 3.22. The summed E-state index contributed by atoms with van der Waals surface area (Å²) in [5.41, 5.74) is -0.509. The molecule has 1 N–H and O–H groups in total. The summed E-state index contributed by atoms with van der Waals surface area (Å²) >= 11 is 1.53. The van der Waals surface area contributed by atoms with Gasteiger partial charge in [0.2, 0.25) is 0 Å². The number of nitrogens with one attached hydrogen (secondary N) is 1. The van der Waals surface area contributed by atoms with Gasteiger partial charge in [0, 0.05) is 12.8 Å². The molecule has 0 amide bonds. The van der Waals surface area contributed by atoms with Crippen LogP contribution in [-0.2, 0) is 7.05 Å². The highest BCUT2D eigenvalue weighted by Gasteiger charge is 2.23. The maximum absolute atomic E-state index is 9.05. The van der Waals surface area contributed by atoms with Crippen molar-refractivity contribution in [3.05, 3.63) is 6.33 Å². The monoisotopic (exact) mass is 225 g/mol. The number of nitrogens with zero attached hydrogens (tertiary/aromatic N) is 4. The van der Waals surface area contributed by atoms with Gasteiger partial charge in [-0.1, -0.05) is 18.7 Å².